The van der Waals surface area contributed by atoms with Gasteiger partial charge in [0.1, 0.15) is 12.6 Å². The Morgan fingerprint density at radius 1 is 0.917 bits per heavy atom. The Bertz CT molecular complexity index is 1380. The van der Waals surface area contributed by atoms with Gasteiger partial charge in [0.15, 0.2) is 23.0 Å². The summed E-state index contributed by atoms with van der Waals surface area (Å²) in [4.78, 5) is 26.5. The summed E-state index contributed by atoms with van der Waals surface area (Å²) in [6, 6.07) is 20.4. The highest BCUT2D eigenvalue weighted by Crippen LogP contribution is 2.42. The molecule has 9 nitrogen and oxygen atoms in total. The number of cyclic esters (lactones) is 1. The second-order valence-corrected chi connectivity index (χ2v) is 10.3. The fourth-order valence-corrected chi connectivity index (χ4v) is 6.28. The van der Waals surface area contributed by atoms with Crippen LogP contribution in [-0.2, 0) is 24.1 Å². The summed E-state index contributed by atoms with van der Waals surface area (Å²) < 4.78 is 49.8. The van der Waals surface area contributed by atoms with Crippen molar-refractivity contribution in [1.29, 1.82) is 0 Å². The quantitative estimate of drug-likeness (QED) is 0.440. The predicted molar refractivity (Wildman–Crippen MR) is 127 cm³/mol. The second-order valence-electron chi connectivity index (χ2n) is 8.32. The smallest absolute Gasteiger partial charge is 0.411 e. The average Bonchev–Trinajstić information content (AvgIpc) is 3.50. The van der Waals surface area contributed by atoms with Crippen LogP contribution in [-0.4, -0.2) is 44.8 Å². The molecule has 1 unspecified atom stereocenters. The van der Waals surface area contributed by atoms with Gasteiger partial charge >= 0.3 is 12.1 Å². The first-order chi connectivity index (χ1) is 17.4. The Hall–Kier alpha value is -4.05. The van der Waals surface area contributed by atoms with Crippen molar-refractivity contribution in [3.05, 3.63) is 90.0 Å². The number of esters is 1. The van der Waals surface area contributed by atoms with Crippen molar-refractivity contribution in [2.75, 3.05) is 13.4 Å². The highest BCUT2D eigenvalue weighted by atomic mass is 32.2. The van der Waals surface area contributed by atoms with Gasteiger partial charge in [-0.2, -0.15) is 0 Å². The van der Waals surface area contributed by atoms with E-state index < -0.39 is 39.4 Å². The summed E-state index contributed by atoms with van der Waals surface area (Å²) in [6.45, 7) is 1.12. The molecule has 5 rings (SSSR count). The molecule has 3 aromatic rings. The van der Waals surface area contributed by atoms with Gasteiger partial charge in [0.25, 0.3) is 0 Å². The van der Waals surface area contributed by atoms with Crippen LogP contribution < -0.4 is 9.47 Å². The van der Waals surface area contributed by atoms with E-state index >= 15 is 0 Å². The molecule has 2 aliphatic heterocycles. The summed E-state index contributed by atoms with van der Waals surface area (Å²) in [5, 5.41) is -1.42. The van der Waals surface area contributed by atoms with Crippen molar-refractivity contribution in [2.24, 2.45) is 0 Å². The van der Waals surface area contributed by atoms with Crippen molar-refractivity contribution in [1.82, 2.24) is 4.90 Å². The van der Waals surface area contributed by atoms with Crippen LogP contribution in [0.2, 0.25) is 0 Å². The number of nitrogens with zero attached hydrogens (tertiary/aromatic N) is 1. The minimum atomic E-state index is -4.12. The molecule has 0 N–H and O–H groups in total. The van der Waals surface area contributed by atoms with E-state index in [9.17, 15) is 18.0 Å². The van der Waals surface area contributed by atoms with Crippen LogP contribution in [0.25, 0.3) is 0 Å². The predicted octanol–water partition coefficient (Wildman–Crippen LogP) is 4.01. The lowest BCUT2D eigenvalue weighted by molar-refractivity contribution is -0.149. The van der Waals surface area contributed by atoms with Gasteiger partial charge in [-0.05, 0) is 35.4 Å². The Balaban J connectivity index is 1.63. The average molecular weight is 510 g/mol. The number of hydrogen-bond donors (Lipinski definition) is 0. The monoisotopic (exact) mass is 509 g/mol. The number of sulfone groups is 1. The van der Waals surface area contributed by atoms with Crippen molar-refractivity contribution < 1.29 is 37.0 Å². The summed E-state index contributed by atoms with van der Waals surface area (Å²) in [5.41, 5.74) is 0.879. The molecule has 0 aliphatic carbocycles. The number of carbonyl (C=O) groups excluding carboxylic acids is 2. The van der Waals surface area contributed by atoms with Gasteiger partial charge in [-0.3, -0.25) is 9.69 Å². The molecule has 3 aromatic carbocycles. The lowest BCUT2D eigenvalue weighted by Crippen LogP contribution is -2.44. The van der Waals surface area contributed by atoms with Crippen molar-refractivity contribution in [2.45, 2.75) is 29.3 Å². The fraction of sp³-hybridized carbons (Fsp3) is 0.231. The molecular formula is C26H23NO8S. The van der Waals surface area contributed by atoms with Crippen LogP contribution in [0.1, 0.15) is 29.5 Å². The maximum atomic E-state index is 14.0. The zero-order valence-electron chi connectivity index (χ0n) is 19.3. The van der Waals surface area contributed by atoms with E-state index in [1.807, 2.05) is 0 Å². The molecule has 1 fully saturated rings. The van der Waals surface area contributed by atoms with Crippen LogP contribution in [0.4, 0.5) is 4.79 Å². The molecule has 3 atom stereocenters. The third kappa shape index (κ3) is 4.35. The van der Waals surface area contributed by atoms with Gasteiger partial charge in [-0.25, -0.2) is 13.2 Å². The molecule has 1 amide bonds. The van der Waals surface area contributed by atoms with E-state index in [1.54, 1.807) is 66.7 Å². The molecule has 0 aromatic heterocycles. The van der Waals surface area contributed by atoms with E-state index in [0.29, 0.717) is 22.6 Å². The van der Waals surface area contributed by atoms with E-state index in [4.69, 9.17) is 18.9 Å². The van der Waals surface area contributed by atoms with E-state index in [1.165, 1.54) is 19.1 Å². The minimum Gasteiger partial charge on any atom is -0.455 e. The normalized spacial score (nSPS) is 18.4. The Morgan fingerprint density at radius 3 is 2.28 bits per heavy atom. The van der Waals surface area contributed by atoms with Gasteiger partial charge in [0.05, 0.1) is 4.90 Å². The van der Waals surface area contributed by atoms with Crippen LogP contribution in [0.3, 0.4) is 0 Å². The molecule has 2 heterocycles. The third-order valence-corrected chi connectivity index (χ3v) is 8.03. The number of amides is 1. The SMILES string of the molecule is CC(=O)O[C@@H](c1ccc2c(c1)OCO2)[C@H]1COC(=O)N1C(c1ccccc1)S(=O)(=O)c1ccccc1. The minimum absolute atomic E-state index is 0.0458. The fourth-order valence-electron chi connectivity index (χ4n) is 4.43. The number of benzene rings is 3. The summed E-state index contributed by atoms with van der Waals surface area (Å²) >= 11 is 0. The van der Waals surface area contributed by atoms with Gasteiger partial charge in [0.2, 0.25) is 16.6 Å². The Kier molecular flexibility index (Phi) is 6.27. The molecular weight excluding hydrogens is 486 g/mol. The molecule has 10 heteroatoms. The summed E-state index contributed by atoms with van der Waals surface area (Å²) in [6.07, 6.45) is -1.85. The van der Waals surface area contributed by atoms with E-state index in [0.717, 1.165) is 4.90 Å². The lowest BCUT2D eigenvalue weighted by Gasteiger charge is -2.34. The largest absolute Gasteiger partial charge is 0.455 e. The second kappa shape index (κ2) is 9.54. The Morgan fingerprint density at radius 2 is 1.58 bits per heavy atom. The molecule has 186 valence electrons. The van der Waals surface area contributed by atoms with Crippen LogP contribution in [0, 0.1) is 0 Å². The van der Waals surface area contributed by atoms with Crippen LogP contribution in [0.5, 0.6) is 11.5 Å². The van der Waals surface area contributed by atoms with Gasteiger partial charge < -0.3 is 18.9 Å². The summed E-state index contributed by atoms with van der Waals surface area (Å²) in [5.74, 6) is 0.391. The maximum absolute atomic E-state index is 14.0. The number of carbonyl (C=O) groups is 2. The lowest BCUT2D eigenvalue weighted by atomic mass is 10.0. The van der Waals surface area contributed by atoms with E-state index in [-0.39, 0.29) is 18.3 Å². The number of rotatable bonds is 7. The zero-order valence-corrected chi connectivity index (χ0v) is 20.1. The molecule has 0 saturated carbocycles. The van der Waals surface area contributed by atoms with Gasteiger partial charge in [0, 0.05) is 6.92 Å². The highest BCUT2D eigenvalue weighted by molar-refractivity contribution is 7.91. The number of hydrogen-bond acceptors (Lipinski definition) is 8. The topological polar surface area (TPSA) is 108 Å². The first kappa shape index (κ1) is 23.7. The van der Waals surface area contributed by atoms with Crippen molar-refractivity contribution in [3.63, 3.8) is 0 Å². The molecule has 2 aliphatic rings. The maximum Gasteiger partial charge on any atom is 0.411 e. The molecule has 0 bridgehead atoms. The third-order valence-electron chi connectivity index (χ3n) is 6.02. The molecule has 36 heavy (non-hydrogen) atoms. The number of fused-ring (bicyclic) bond motifs is 1. The van der Waals surface area contributed by atoms with Gasteiger partial charge in [-0.15, -0.1) is 0 Å². The highest BCUT2D eigenvalue weighted by Gasteiger charge is 2.49. The molecule has 1 saturated heterocycles. The molecule has 0 radical (unpaired) electrons. The zero-order chi connectivity index (χ0) is 25.3. The Labute approximate surface area is 208 Å². The first-order valence-corrected chi connectivity index (χ1v) is 12.8. The van der Waals surface area contributed by atoms with Crippen molar-refractivity contribution >= 4 is 21.9 Å². The van der Waals surface area contributed by atoms with Gasteiger partial charge in [-0.1, -0.05) is 54.6 Å². The van der Waals surface area contributed by atoms with E-state index in [2.05, 4.69) is 0 Å². The first-order valence-electron chi connectivity index (χ1n) is 11.2. The van der Waals surface area contributed by atoms with Crippen molar-refractivity contribution in [3.8, 4) is 11.5 Å². The van der Waals surface area contributed by atoms with Crippen LogP contribution in [0.15, 0.2) is 83.8 Å². The summed E-state index contributed by atoms with van der Waals surface area (Å²) in [7, 11) is -4.12. The van der Waals surface area contributed by atoms with Crippen LogP contribution >= 0.6 is 0 Å². The molecule has 0 spiro atoms. The number of ether oxygens (including phenoxy) is 4. The standard InChI is InChI=1S/C26H23NO8S/c1-17(28)35-24(19-12-13-22-23(14-19)34-16-33-22)21-15-32-26(29)27(21)25(18-8-4-2-5-9-18)36(30,31)20-10-6-3-7-11-20/h2-14,21,24-25H,15-16H2,1H3/t21-,24+,25?/m1/s1.